The molecule has 7 heteroatoms. The Kier molecular flexibility index (Phi) is 6.53. The van der Waals surface area contributed by atoms with Crippen molar-refractivity contribution >= 4 is 31.9 Å². The zero-order valence-electron chi connectivity index (χ0n) is 13.3. The van der Waals surface area contributed by atoms with Gasteiger partial charge in [-0.3, -0.25) is 4.79 Å². The topological polar surface area (TPSA) is 66.5 Å². The van der Waals surface area contributed by atoms with Gasteiger partial charge in [-0.05, 0) is 36.2 Å². The van der Waals surface area contributed by atoms with Crippen molar-refractivity contribution in [2.24, 2.45) is 0 Å². The molecule has 1 N–H and O–H groups in total. The van der Waals surface area contributed by atoms with Gasteiger partial charge in [0.25, 0.3) is 0 Å². The predicted molar refractivity (Wildman–Crippen MR) is 97.1 cm³/mol. The van der Waals surface area contributed by atoms with E-state index < -0.39 is 10.0 Å². The van der Waals surface area contributed by atoms with Crippen molar-refractivity contribution in [1.82, 2.24) is 9.62 Å². The maximum atomic E-state index is 12.8. The van der Waals surface area contributed by atoms with Gasteiger partial charge in [0.05, 0.1) is 11.4 Å². The molecule has 0 radical (unpaired) electrons. The molecule has 0 bridgehead atoms. The van der Waals surface area contributed by atoms with Crippen molar-refractivity contribution in [1.29, 1.82) is 0 Å². The molecule has 5 nitrogen and oxygen atoms in total. The highest BCUT2D eigenvalue weighted by Gasteiger charge is 2.26. The normalized spacial score (nSPS) is 11.5. The van der Waals surface area contributed by atoms with Crippen LogP contribution in [0.4, 0.5) is 0 Å². The van der Waals surface area contributed by atoms with Gasteiger partial charge in [-0.15, -0.1) is 0 Å². The van der Waals surface area contributed by atoms with Crippen LogP contribution in [0.3, 0.4) is 0 Å². The lowest BCUT2D eigenvalue weighted by molar-refractivity contribution is -0.120. The molecule has 1 amide bonds. The summed E-state index contributed by atoms with van der Waals surface area (Å²) < 4.78 is 27.7. The minimum absolute atomic E-state index is 0.169. The summed E-state index contributed by atoms with van der Waals surface area (Å²) in [6, 6.07) is 16.0. The third-order valence-electron chi connectivity index (χ3n) is 3.54. The Morgan fingerprint density at radius 1 is 1.08 bits per heavy atom. The molecule has 0 aliphatic rings. The molecule has 0 aromatic heterocycles. The van der Waals surface area contributed by atoms with Crippen molar-refractivity contribution < 1.29 is 13.2 Å². The zero-order chi connectivity index (χ0) is 17.6. The van der Waals surface area contributed by atoms with Crippen LogP contribution >= 0.6 is 15.9 Å². The monoisotopic (exact) mass is 410 g/mol. The van der Waals surface area contributed by atoms with Crippen LogP contribution in [0.15, 0.2) is 64.0 Å². The van der Waals surface area contributed by atoms with Crippen LogP contribution < -0.4 is 5.32 Å². The molecule has 0 saturated heterocycles. The summed E-state index contributed by atoms with van der Waals surface area (Å²) in [5.41, 5.74) is 1.02. The largest absolute Gasteiger partial charge is 0.358 e. The summed E-state index contributed by atoms with van der Waals surface area (Å²) in [5, 5.41) is 2.47. The highest BCUT2D eigenvalue weighted by molar-refractivity contribution is 9.10. The Bertz CT molecular complexity index is 777. The first kappa shape index (κ1) is 18.6. The highest BCUT2D eigenvalue weighted by Crippen LogP contribution is 2.19. The van der Waals surface area contributed by atoms with E-state index in [9.17, 15) is 13.2 Å². The molecule has 2 aromatic carbocycles. The molecule has 24 heavy (non-hydrogen) atoms. The van der Waals surface area contributed by atoms with Crippen molar-refractivity contribution in [3.8, 4) is 0 Å². The summed E-state index contributed by atoms with van der Waals surface area (Å²) in [5.74, 6) is -0.344. The first-order chi connectivity index (χ1) is 11.4. The highest BCUT2D eigenvalue weighted by atomic mass is 79.9. The van der Waals surface area contributed by atoms with Crippen LogP contribution in [-0.2, 0) is 21.2 Å². The van der Waals surface area contributed by atoms with Crippen LogP contribution in [-0.4, -0.2) is 38.8 Å². The molecule has 0 fully saturated rings. The van der Waals surface area contributed by atoms with Gasteiger partial charge in [-0.25, -0.2) is 8.42 Å². The fourth-order valence-corrected chi connectivity index (χ4v) is 3.84. The van der Waals surface area contributed by atoms with Gasteiger partial charge in [-0.1, -0.05) is 46.3 Å². The first-order valence-electron chi connectivity index (χ1n) is 7.43. The average molecular weight is 411 g/mol. The molecular weight excluding hydrogens is 392 g/mol. The van der Waals surface area contributed by atoms with Gasteiger partial charge < -0.3 is 5.32 Å². The maximum Gasteiger partial charge on any atom is 0.243 e. The summed E-state index contributed by atoms with van der Waals surface area (Å²) in [6.07, 6.45) is 0.535. The third-order valence-corrected chi connectivity index (χ3v) is 5.93. The standard InChI is InChI=1S/C17H19BrN2O3S/c1-19-17(21)13-20(12-11-14-5-3-2-4-6-14)24(22,23)16-9-7-15(18)8-10-16/h2-10H,11-13H2,1H3,(H,19,21). The number of sulfonamides is 1. The van der Waals surface area contributed by atoms with Crippen LogP contribution in [0.25, 0.3) is 0 Å². The van der Waals surface area contributed by atoms with Gasteiger partial charge in [0.1, 0.15) is 0 Å². The van der Waals surface area contributed by atoms with E-state index in [1.165, 1.54) is 23.5 Å². The van der Waals surface area contributed by atoms with E-state index in [1.807, 2.05) is 30.3 Å². The number of hydrogen-bond acceptors (Lipinski definition) is 3. The Labute approximate surface area is 150 Å². The second-order valence-corrected chi connectivity index (χ2v) is 8.05. The predicted octanol–water partition coefficient (Wildman–Crippen LogP) is 2.43. The van der Waals surface area contributed by atoms with Crippen LogP contribution in [0.1, 0.15) is 5.56 Å². The van der Waals surface area contributed by atoms with E-state index in [1.54, 1.807) is 12.1 Å². The molecular formula is C17H19BrN2O3S. The second-order valence-electron chi connectivity index (χ2n) is 5.20. The molecule has 2 aromatic rings. The van der Waals surface area contributed by atoms with E-state index in [4.69, 9.17) is 0 Å². The smallest absolute Gasteiger partial charge is 0.243 e. The molecule has 0 heterocycles. The Morgan fingerprint density at radius 3 is 2.29 bits per heavy atom. The lowest BCUT2D eigenvalue weighted by atomic mass is 10.1. The van der Waals surface area contributed by atoms with Crippen molar-refractivity contribution in [3.63, 3.8) is 0 Å². The van der Waals surface area contributed by atoms with Gasteiger partial charge >= 0.3 is 0 Å². The summed E-state index contributed by atoms with van der Waals surface area (Å²) in [6.45, 7) is 0.0254. The third kappa shape index (κ3) is 4.90. The van der Waals surface area contributed by atoms with Crippen LogP contribution in [0.2, 0.25) is 0 Å². The molecule has 0 aliphatic heterocycles. The summed E-state index contributed by atoms with van der Waals surface area (Å²) in [7, 11) is -2.25. The molecule has 0 spiro atoms. The van der Waals surface area contributed by atoms with Gasteiger partial charge in [0.2, 0.25) is 15.9 Å². The van der Waals surface area contributed by atoms with Crippen molar-refractivity contribution in [3.05, 3.63) is 64.6 Å². The fraction of sp³-hybridized carbons (Fsp3) is 0.235. The number of nitrogens with one attached hydrogen (secondary N) is 1. The second kappa shape index (κ2) is 8.41. The van der Waals surface area contributed by atoms with E-state index in [-0.39, 0.29) is 23.9 Å². The van der Waals surface area contributed by atoms with Gasteiger partial charge in [0, 0.05) is 18.1 Å². The van der Waals surface area contributed by atoms with E-state index in [0.29, 0.717) is 6.42 Å². The number of amides is 1. The molecule has 0 unspecified atom stereocenters. The lowest BCUT2D eigenvalue weighted by Gasteiger charge is -2.21. The fourth-order valence-electron chi connectivity index (χ4n) is 2.18. The Balaban J connectivity index is 2.23. The number of halogens is 1. The van der Waals surface area contributed by atoms with E-state index >= 15 is 0 Å². The Hall–Kier alpha value is -1.70. The lowest BCUT2D eigenvalue weighted by Crippen LogP contribution is -2.40. The molecule has 128 valence electrons. The number of benzene rings is 2. The number of rotatable bonds is 7. The average Bonchev–Trinajstić information content (AvgIpc) is 2.59. The number of hydrogen-bond donors (Lipinski definition) is 1. The SMILES string of the molecule is CNC(=O)CN(CCc1ccccc1)S(=O)(=O)c1ccc(Br)cc1. The van der Waals surface area contributed by atoms with Crippen LogP contribution in [0.5, 0.6) is 0 Å². The number of carbonyl (C=O) groups is 1. The van der Waals surface area contributed by atoms with Crippen LogP contribution in [0, 0.1) is 0 Å². The van der Waals surface area contributed by atoms with Crippen molar-refractivity contribution in [2.45, 2.75) is 11.3 Å². The minimum atomic E-state index is -3.74. The molecule has 0 atom stereocenters. The minimum Gasteiger partial charge on any atom is -0.358 e. The zero-order valence-corrected chi connectivity index (χ0v) is 15.7. The summed E-state index contributed by atoms with van der Waals surface area (Å²) >= 11 is 3.29. The van der Waals surface area contributed by atoms with E-state index in [0.717, 1.165) is 10.0 Å². The van der Waals surface area contributed by atoms with Gasteiger partial charge in [-0.2, -0.15) is 4.31 Å². The van der Waals surface area contributed by atoms with Gasteiger partial charge in [0.15, 0.2) is 0 Å². The number of nitrogens with zero attached hydrogens (tertiary/aromatic N) is 1. The molecule has 0 aliphatic carbocycles. The van der Waals surface area contributed by atoms with E-state index in [2.05, 4.69) is 21.2 Å². The number of carbonyl (C=O) groups excluding carboxylic acids is 1. The Morgan fingerprint density at radius 2 is 1.71 bits per heavy atom. The number of likely N-dealkylation sites (N-methyl/N-ethyl adjacent to an activating group) is 1. The van der Waals surface area contributed by atoms with Crippen molar-refractivity contribution in [2.75, 3.05) is 20.1 Å². The molecule has 2 rings (SSSR count). The molecule has 0 saturated carbocycles. The quantitative estimate of drug-likeness (QED) is 0.761. The maximum absolute atomic E-state index is 12.8. The first-order valence-corrected chi connectivity index (χ1v) is 9.67. The summed E-state index contributed by atoms with van der Waals surface area (Å²) in [4.78, 5) is 11.9.